The lowest BCUT2D eigenvalue weighted by Crippen LogP contribution is -2.16. The van der Waals surface area contributed by atoms with E-state index in [1.165, 1.54) is 64.3 Å². The highest BCUT2D eigenvalue weighted by Gasteiger charge is 2.12. The summed E-state index contributed by atoms with van der Waals surface area (Å²) in [6, 6.07) is 0. The van der Waals surface area contributed by atoms with Gasteiger partial charge in [-0.2, -0.15) is 0 Å². The summed E-state index contributed by atoms with van der Waals surface area (Å²) in [5, 5.41) is 9.12. The minimum atomic E-state index is -1.15. The van der Waals surface area contributed by atoms with Gasteiger partial charge in [0.25, 0.3) is 0 Å². The van der Waals surface area contributed by atoms with E-state index in [0.717, 1.165) is 83.0 Å². The van der Waals surface area contributed by atoms with E-state index in [4.69, 9.17) is 9.84 Å². The molecule has 0 spiro atoms. The number of allylic oxidation sites excluding steroid dienone is 12. The Morgan fingerprint density at radius 3 is 1.40 bits per heavy atom. The molecule has 0 aliphatic carbocycles. The smallest absolute Gasteiger partial charge is 0.450 e. The number of carbonyl (C=O) groups is 1. The molecule has 0 aromatic heterocycles. The normalized spacial score (nSPS) is 14.1. The number of carboxylic acid groups (broad SMARTS) is 1. The van der Waals surface area contributed by atoms with Crippen molar-refractivity contribution in [1.29, 1.82) is 0 Å². The van der Waals surface area contributed by atoms with Crippen LogP contribution in [0, 0.1) is 5.92 Å². The zero-order chi connectivity index (χ0) is 33.1. The molecule has 4 heteroatoms. The molecule has 0 aromatic rings. The standard InChI is InChI=1S/C41H71NO3/c1-5-6-7-8-9-10-11-12-13-16-19-22-25-28-31-36-40(45-41(43)44)37-32-29-26-23-20-17-14-15-18-21-24-27-30-34-39(2)35-33-38-42(3)4/h9-10,12-15,19-24,39-40H,5-8,11,16-18,25-38H2,1-4H3,(H,43,44)/b10-9-,13-12-,15-14-,22-19-,23-20-,24-21-. The van der Waals surface area contributed by atoms with Gasteiger partial charge in [-0.3, -0.25) is 0 Å². The largest absolute Gasteiger partial charge is 0.506 e. The molecule has 0 saturated heterocycles. The molecule has 0 aliphatic rings. The van der Waals surface area contributed by atoms with Crippen molar-refractivity contribution in [3.05, 3.63) is 72.9 Å². The third kappa shape index (κ3) is 36.0. The highest BCUT2D eigenvalue weighted by molar-refractivity contribution is 5.57. The Hall–Kier alpha value is -2.33. The fourth-order valence-electron chi connectivity index (χ4n) is 5.23. The van der Waals surface area contributed by atoms with Crippen molar-refractivity contribution in [1.82, 2.24) is 4.90 Å². The molecule has 0 aliphatic heterocycles. The van der Waals surface area contributed by atoms with Crippen molar-refractivity contribution in [3.8, 4) is 0 Å². The van der Waals surface area contributed by atoms with Gasteiger partial charge in [0.1, 0.15) is 6.10 Å². The lowest BCUT2D eigenvalue weighted by Gasteiger charge is -2.15. The van der Waals surface area contributed by atoms with Gasteiger partial charge in [-0.15, -0.1) is 0 Å². The lowest BCUT2D eigenvalue weighted by molar-refractivity contribution is 0.0424. The highest BCUT2D eigenvalue weighted by atomic mass is 16.7. The first-order chi connectivity index (χ1) is 22.0. The zero-order valence-electron chi connectivity index (χ0n) is 29.9. The van der Waals surface area contributed by atoms with Crippen LogP contribution in [0.4, 0.5) is 4.79 Å². The molecule has 0 amide bonds. The molecule has 258 valence electrons. The molecule has 0 aromatic carbocycles. The summed E-state index contributed by atoms with van der Waals surface area (Å²) in [5.74, 6) is 0.836. The average molecular weight is 626 g/mol. The van der Waals surface area contributed by atoms with Gasteiger partial charge in [0.15, 0.2) is 0 Å². The van der Waals surface area contributed by atoms with Crippen LogP contribution in [0.5, 0.6) is 0 Å². The van der Waals surface area contributed by atoms with E-state index in [2.05, 4.69) is 106 Å². The third-order valence-electron chi connectivity index (χ3n) is 7.99. The van der Waals surface area contributed by atoms with E-state index >= 15 is 0 Å². The second-order valence-electron chi connectivity index (χ2n) is 12.8. The second kappa shape index (κ2) is 34.5. The van der Waals surface area contributed by atoms with E-state index in [0.29, 0.717) is 0 Å². The Morgan fingerprint density at radius 1 is 0.578 bits per heavy atom. The molecule has 2 unspecified atom stereocenters. The van der Waals surface area contributed by atoms with Gasteiger partial charge < -0.3 is 14.7 Å². The number of nitrogens with zero attached hydrogens (tertiary/aromatic N) is 1. The van der Waals surface area contributed by atoms with Crippen LogP contribution in [0.25, 0.3) is 0 Å². The first-order valence-corrected chi connectivity index (χ1v) is 18.4. The fourth-order valence-corrected chi connectivity index (χ4v) is 5.23. The summed E-state index contributed by atoms with van der Waals surface area (Å²) in [6.45, 7) is 5.83. The quantitative estimate of drug-likeness (QED) is 0.0473. The molecule has 0 fully saturated rings. The van der Waals surface area contributed by atoms with Gasteiger partial charge >= 0.3 is 6.16 Å². The number of hydrogen-bond acceptors (Lipinski definition) is 3. The molecule has 0 bridgehead atoms. The number of hydrogen-bond donors (Lipinski definition) is 1. The van der Waals surface area contributed by atoms with E-state index in [-0.39, 0.29) is 6.10 Å². The molecule has 4 nitrogen and oxygen atoms in total. The first kappa shape index (κ1) is 42.7. The van der Waals surface area contributed by atoms with Crippen LogP contribution >= 0.6 is 0 Å². The summed E-state index contributed by atoms with van der Waals surface area (Å²) in [7, 11) is 4.30. The maximum absolute atomic E-state index is 11.1. The first-order valence-electron chi connectivity index (χ1n) is 18.4. The lowest BCUT2D eigenvalue weighted by atomic mass is 9.98. The average Bonchev–Trinajstić information content (AvgIpc) is 3.00. The van der Waals surface area contributed by atoms with Crippen molar-refractivity contribution in [2.45, 2.75) is 155 Å². The van der Waals surface area contributed by atoms with E-state index in [9.17, 15) is 4.79 Å². The van der Waals surface area contributed by atoms with Gasteiger partial charge in [-0.05, 0) is 142 Å². The molecule has 2 atom stereocenters. The van der Waals surface area contributed by atoms with Crippen LogP contribution < -0.4 is 0 Å². The van der Waals surface area contributed by atoms with E-state index in [1.54, 1.807) is 0 Å². The van der Waals surface area contributed by atoms with Crippen LogP contribution in [0.15, 0.2) is 72.9 Å². The van der Waals surface area contributed by atoms with Crippen molar-refractivity contribution in [3.63, 3.8) is 0 Å². The maximum atomic E-state index is 11.1. The summed E-state index contributed by atoms with van der Waals surface area (Å²) in [6.07, 6.45) is 49.2. The summed E-state index contributed by atoms with van der Waals surface area (Å²) < 4.78 is 5.16. The Morgan fingerprint density at radius 2 is 0.978 bits per heavy atom. The fraction of sp³-hybridized carbons (Fsp3) is 0.683. The Bertz CT molecular complexity index is 821. The van der Waals surface area contributed by atoms with Crippen LogP contribution in [-0.4, -0.2) is 42.9 Å². The Kier molecular flexibility index (Phi) is 32.8. The number of ether oxygens (including phenoxy) is 1. The molecule has 0 saturated carbocycles. The summed E-state index contributed by atoms with van der Waals surface area (Å²) in [5.41, 5.74) is 0. The van der Waals surface area contributed by atoms with Crippen molar-refractivity contribution < 1.29 is 14.6 Å². The van der Waals surface area contributed by atoms with Crippen molar-refractivity contribution >= 4 is 6.16 Å². The number of rotatable bonds is 31. The molecular formula is C41H71NO3. The number of unbranched alkanes of at least 4 members (excludes halogenated alkanes) is 8. The molecule has 0 heterocycles. The van der Waals surface area contributed by atoms with E-state index < -0.39 is 6.16 Å². The topological polar surface area (TPSA) is 49.8 Å². The van der Waals surface area contributed by atoms with Crippen molar-refractivity contribution in [2.75, 3.05) is 20.6 Å². The molecule has 45 heavy (non-hydrogen) atoms. The Balaban J connectivity index is 3.81. The van der Waals surface area contributed by atoms with Crippen LogP contribution in [-0.2, 0) is 4.74 Å². The second-order valence-corrected chi connectivity index (χ2v) is 12.8. The minimum absolute atomic E-state index is 0.180. The molecule has 1 N–H and O–H groups in total. The van der Waals surface area contributed by atoms with E-state index in [1.807, 2.05) is 0 Å². The minimum Gasteiger partial charge on any atom is -0.450 e. The SMILES string of the molecule is CCCCC/C=C\C/C=C\C/C=C\CCCCC(CCCC/C=C\C/C=C\C/C=C\CCCC(C)CCCN(C)C)OC(=O)O. The predicted octanol–water partition coefficient (Wildman–Crippen LogP) is 12.8. The summed E-state index contributed by atoms with van der Waals surface area (Å²) in [4.78, 5) is 13.4. The van der Waals surface area contributed by atoms with Gasteiger partial charge in [0.05, 0.1) is 0 Å². The maximum Gasteiger partial charge on any atom is 0.506 e. The van der Waals surface area contributed by atoms with Gasteiger partial charge in [0.2, 0.25) is 0 Å². The van der Waals surface area contributed by atoms with Crippen LogP contribution in [0.1, 0.15) is 149 Å². The van der Waals surface area contributed by atoms with Gasteiger partial charge in [-0.25, -0.2) is 4.79 Å². The Labute approximate surface area is 279 Å². The van der Waals surface area contributed by atoms with Crippen LogP contribution in [0.2, 0.25) is 0 Å². The molecule has 0 rings (SSSR count). The summed E-state index contributed by atoms with van der Waals surface area (Å²) >= 11 is 0. The third-order valence-corrected chi connectivity index (χ3v) is 7.99. The van der Waals surface area contributed by atoms with Crippen LogP contribution in [0.3, 0.4) is 0 Å². The monoisotopic (exact) mass is 626 g/mol. The highest BCUT2D eigenvalue weighted by Crippen LogP contribution is 2.16. The molecular weight excluding hydrogens is 554 g/mol. The zero-order valence-corrected chi connectivity index (χ0v) is 29.9. The molecule has 0 radical (unpaired) electrons. The van der Waals surface area contributed by atoms with Crippen molar-refractivity contribution in [2.24, 2.45) is 5.92 Å². The van der Waals surface area contributed by atoms with Gasteiger partial charge in [0, 0.05) is 0 Å². The van der Waals surface area contributed by atoms with Gasteiger partial charge in [-0.1, -0.05) is 106 Å². The predicted molar refractivity (Wildman–Crippen MR) is 198 cm³/mol.